The van der Waals surface area contributed by atoms with Crippen LogP contribution < -0.4 is 5.32 Å². The third-order valence-electron chi connectivity index (χ3n) is 2.88. The molecule has 0 atom stereocenters. The molecule has 0 heterocycles. The first-order valence-electron chi connectivity index (χ1n) is 5.94. The van der Waals surface area contributed by atoms with E-state index in [0.29, 0.717) is 5.56 Å². The molecule has 0 fully saturated rings. The largest absolute Gasteiger partial charge is 0.308 e. The van der Waals surface area contributed by atoms with Crippen molar-refractivity contribution in [3.8, 4) is 0 Å². The molecule has 2 heteroatoms. The van der Waals surface area contributed by atoms with E-state index in [-0.39, 0.29) is 11.4 Å². The molecule has 90 valence electrons. The zero-order valence-corrected chi connectivity index (χ0v) is 10.7. The highest BCUT2D eigenvalue weighted by molar-refractivity contribution is 5.23. The first kappa shape index (κ1) is 13.2. The first-order chi connectivity index (χ1) is 7.44. The molecule has 0 aliphatic rings. The summed E-state index contributed by atoms with van der Waals surface area (Å²) in [5.41, 5.74) is 1.83. The average Bonchev–Trinajstić information content (AvgIpc) is 2.20. The number of rotatable bonds is 5. The van der Waals surface area contributed by atoms with Gasteiger partial charge >= 0.3 is 0 Å². The van der Waals surface area contributed by atoms with Crippen molar-refractivity contribution < 1.29 is 4.39 Å². The number of hydrogen-bond acceptors (Lipinski definition) is 1. The summed E-state index contributed by atoms with van der Waals surface area (Å²) >= 11 is 0. The summed E-state index contributed by atoms with van der Waals surface area (Å²) in [6.07, 6.45) is 2.28. The van der Waals surface area contributed by atoms with Gasteiger partial charge in [-0.2, -0.15) is 0 Å². The average molecular weight is 223 g/mol. The minimum Gasteiger partial charge on any atom is -0.308 e. The van der Waals surface area contributed by atoms with Gasteiger partial charge in [0.25, 0.3) is 0 Å². The molecule has 0 unspecified atom stereocenters. The van der Waals surface area contributed by atoms with E-state index in [9.17, 15) is 4.39 Å². The molecule has 0 bridgehead atoms. The normalized spacial score (nSPS) is 11.8. The van der Waals surface area contributed by atoms with Crippen LogP contribution in [0.3, 0.4) is 0 Å². The van der Waals surface area contributed by atoms with Gasteiger partial charge in [-0.1, -0.05) is 25.5 Å². The second-order valence-corrected chi connectivity index (χ2v) is 5.07. The Balaban J connectivity index is 2.57. The highest BCUT2D eigenvalue weighted by Gasteiger charge is 2.15. The molecular weight excluding hydrogens is 201 g/mol. The van der Waals surface area contributed by atoms with Gasteiger partial charge in [-0.25, -0.2) is 4.39 Å². The maximum absolute atomic E-state index is 13.3. The van der Waals surface area contributed by atoms with Gasteiger partial charge in [0.15, 0.2) is 0 Å². The Labute approximate surface area is 98.1 Å². The molecular formula is C14H22FN. The van der Waals surface area contributed by atoms with Gasteiger partial charge in [0, 0.05) is 12.1 Å². The molecule has 0 saturated carbocycles. The molecule has 0 amide bonds. The van der Waals surface area contributed by atoms with Crippen molar-refractivity contribution in [3.05, 3.63) is 35.1 Å². The van der Waals surface area contributed by atoms with Crippen molar-refractivity contribution >= 4 is 0 Å². The third kappa shape index (κ3) is 3.93. The van der Waals surface area contributed by atoms with Crippen LogP contribution in [0.2, 0.25) is 0 Å². The summed E-state index contributed by atoms with van der Waals surface area (Å²) in [6.45, 7) is 9.05. The Hall–Kier alpha value is -0.890. The maximum Gasteiger partial charge on any atom is 0.126 e. The Bertz CT molecular complexity index is 345. The number of benzene rings is 1. The van der Waals surface area contributed by atoms with E-state index in [2.05, 4.69) is 26.1 Å². The Morgan fingerprint density at radius 3 is 2.56 bits per heavy atom. The van der Waals surface area contributed by atoms with Crippen LogP contribution >= 0.6 is 0 Å². The van der Waals surface area contributed by atoms with Crippen molar-refractivity contribution in [1.82, 2.24) is 5.32 Å². The number of nitrogens with one attached hydrogen (secondary N) is 1. The number of halogens is 1. The van der Waals surface area contributed by atoms with Gasteiger partial charge in [0.2, 0.25) is 0 Å². The lowest BCUT2D eigenvalue weighted by Crippen LogP contribution is -2.38. The quantitative estimate of drug-likeness (QED) is 0.800. The Kier molecular flexibility index (Phi) is 4.48. The third-order valence-corrected chi connectivity index (χ3v) is 2.88. The SMILES string of the molecule is CCCC(C)(C)NCc1ccc(C)c(F)c1. The summed E-state index contributed by atoms with van der Waals surface area (Å²) in [7, 11) is 0. The monoisotopic (exact) mass is 223 g/mol. The van der Waals surface area contributed by atoms with Crippen LogP contribution in [0.4, 0.5) is 4.39 Å². The van der Waals surface area contributed by atoms with Crippen molar-refractivity contribution in [2.45, 2.75) is 52.6 Å². The van der Waals surface area contributed by atoms with Crippen LogP contribution in [-0.4, -0.2) is 5.54 Å². The van der Waals surface area contributed by atoms with Crippen molar-refractivity contribution in [2.75, 3.05) is 0 Å². The molecule has 1 nitrogen and oxygen atoms in total. The summed E-state index contributed by atoms with van der Waals surface area (Å²) in [6, 6.07) is 5.43. The fourth-order valence-corrected chi connectivity index (χ4v) is 1.80. The predicted molar refractivity (Wildman–Crippen MR) is 67.0 cm³/mol. The molecule has 0 spiro atoms. The molecule has 1 rings (SSSR count). The molecule has 0 aromatic heterocycles. The van der Waals surface area contributed by atoms with E-state index in [0.717, 1.165) is 24.9 Å². The molecule has 0 radical (unpaired) electrons. The minimum atomic E-state index is -0.118. The van der Waals surface area contributed by atoms with Crippen LogP contribution in [0.1, 0.15) is 44.7 Å². The van der Waals surface area contributed by atoms with Crippen molar-refractivity contribution in [1.29, 1.82) is 0 Å². The topological polar surface area (TPSA) is 12.0 Å². The summed E-state index contributed by atoms with van der Waals surface area (Å²) < 4.78 is 13.3. The molecule has 0 saturated heterocycles. The molecule has 16 heavy (non-hydrogen) atoms. The summed E-state index contributed by atoms with van der Waals surface area (Å²) in [5, 5.41) is 3.46. The predicted octanol–water partition coefficient (Wildman–Crippen LogP) is 3.80. The maximum atomic E-state index is 13.3. The number of aryl methyl sites for hydroxylation is 1. The molecule has 1 aromatic rings. The molecule has 0 aliphatic carbocycles. The highest BCUT2D eigenvalue weighted by atomic mass is 19.1. The molecule has 0 aliphatic heterocycles. The standard InChI is InChI=1S/C14H22FN/c1-5-8-14(3,4)16-10-12-7-6-11(2)13(15)9-12/h6-7,9,16H,5,8,10H2,1-4H3. The first-order valence-corrected chi connectivity index (χ1v) is 5.94. The highest BCUT2D eigenvalue weighted by Crippen LogP contribution is 2.13. The van der Waals surface area contributed by atoms with Gasteiger partial charge in [-0.15, -0.1) is 0 Å². The minimum absolute atomic E-state index is 0.118. The smallest absolute Gasteiger partial charge is 0.126 e. The van der Waals surface area contributed by atoms with E-state index >= 15 is 0 Å². The van der Waals surface area contributed by atoms with Crippen LogP contribution in [-0.2, 0) is 6.54 Å². The summed E-state index contributed by atoms with van der Waals surface area (Å²) in [5.74, 6) is -0.118. The zero-order chi connectivity index (χ0) is 12.2. The molecule has 1 aromatic carbocycles. The van der Waals surface area contributed by atoms with Crippen LogP contribution in [0, 0.1) is 12.7 Å². The number of hydrogen-bond donors (Lipinski definition) is 1. The second kappa shape index (κ2) is 5.44. The van der Waals surface area contributed by atoms with Crippen LogP contribution in [0.25, 0.3) is 0 Å². The van der Waals surface area contributed by atoms with E-state index < -0.39 is 0 Å². The lowest BCUT2D eigenvalue weighted by atomic mass is 9.98. The van der Waals surface area contributed by atoms with E-state index in [1.54, 1.807) is 13.0 Å². The fourth-order valence-electron chi connectivity index (χ4n) is 1.80. The van der Waals surface area contributed by atoms with Crippen molar-refractivity contribution in [3.63, 3.8) is 0 Å². The van der Waals surface area contributed by atoms with Gasteiger partial charge in [0.1, 0.15) is 5.82 Å². The van der Waals surface area contributed by atoms with Crippen molar-refractivity contribution in [2.24, 2.45) is 0 Å². The molecule has 1 N–H and O–H groups in total. The van der Waals surface area contributed by atoms with E-state index in [1.165, 1.54) is 0 Å². The van der Waals surface area contributed by atoms with Gasteiger partial charge in [-0.3, -0.25) is 0 Å². The van der Waals surface area contributed by atoms with E-state index in [4.69, 9.17) is 0 Å². The lowest BCUT2D eigenvalue weighted by molar-refractivity contribution is 0.356. The zero-order valence-electron chi connectivity index (χ0n) is 10.7. The summed E-state index contributed by atoms with van der Waals surface area (Å²) in [4.78, 5) is 0. The second-order valence-electron chi connectivity index (χ2n) is 5.07. The van der Waals surface area contributed by atoms with E-state index in [1.807, 2.05) is 12.1 Å². The Morgan fingerprint density at radius 2 is 2.00 bits per heavy atom. The lowest BCUT2D eigenvalue weighted by Gasteiger charge is -2.26. The van der Waals surface area contributed by atoms with Crippen LogP contribution in [0.5, 0.6) is 0 Å². The van der Waals surface area contributed by atoms with Crippen LogP contribution in [0.15, 0.2) is 18.2 Å². The fraction of sp³-hybridized carbons (Fsp3) is 0.571. The van der Waals surface area contributed by atoms with Gasteiger partial charge < -0.3 is 5.32 Å². The van der Waals surface area contributed by atoms with Gasteiger partial charge in [-0.05, 0) is 44.4 Å². The Morgan fingerprint density at radius 1 is 1.31 bits per heavy atom. The van der Waals surface area contributed by atoms with Gasteiger partial charge in [0.05, 0.1) is 0 Å².